The molecule has 0 aromatic heterocycles. The third-order valence-corrected chi connectivity index (χ3v) is 7.07. The molecular weight excluding hydrogens is 514 g/mol. The van der Waals surface area contributed by atoms with Crippen LogP contribution in [0.2, 0.25) is 0 Å². The number of para-hydroxylation sites is 1. The highest BCUT2D eigenvalue weighted by Gasteiger charge is 2.28. The second-order valence-corrected chi connectivity index (χ2v) is 10.1. The lowest BCUT2D eigenvalue weighted by molar-refractivity contribution is -0.140. The number of carbonyl (C=O) groups excluding carboxylic acids is 5. The monoisotopic (exact) mass is 549 g/mol. The van der Waals surface area contributed by atoms with E-state index in [1.54, 1.807) is 31.3 Å². The van der Waals surface area contributed by atoms with Crippen molar-refractivity contribution < 1.29 is 28.7 Å². The Labute approximate surface area is 233 Å². The van der Waals surface area contributed by atoms with E-state index < -0.39 is 23.8 Å². The molecule has 0 unspecified atom stereocenters. The van der Waals surface area contributed by atoms with Crippen molar-refractivity contribution in [2.75, 3.05) is 40.3 Å². The van der Waals surface area contributed by atoms with Crippen molar-refractivity contribution in [1.82, 2.24) is 25.3 Å². The number of ether oxygens (including phenoxy) is 1. The van der Waals surface area contributed by atoms with Crippen molar-refractivity contribution in [2.24, 2.45) is 0 Å². The molecule has 11 nitrogen and oxygen atoms in total. The summed E-state index contributed by atoms with van der Waals surface area (Å²) in [5.41, 5.74) is 2.05. The van der Waals surface area contributed by atoms with Crippen LogP contribution < -0.4 is 15.4 Å². The van der Waals surface area contributed by atoms with Gasteiger partial charge in [-0.25, -0.2) is 0 Å². The molecule has 0 radical (unpaired) electrons. The van der Waals surface area contributed by atoms with Gasteiger partial charge in [0, 0.05) is 40.2 Å². The summed E-state index contributed by atoms with van der Waals surface area (Å²) in [7, 11) is 3.10. The number of nitrogens with one attached hydrogen (secondary N) is 2. The van der Waals surface area contributed by atoms with E-state index in [4.69, 9.17) is 4.74 Å². The van der Waals surface area contributed by atoms with Gasteiger partial charge in [-0.05, 0) is 29.7 Å². The van der Waals surface area contributed by atoms with Gasteiger partial charge in [-0.2, -0.15) is 0 Å². The third kappa shape index (κ3) is 7.37. The van der Waals surface area contributed by atoms with Crippen molar-refractivity contribution in [3.8, 4) is 5.75 Å². The van der Waals surface area contributed by atoms with Gasteiger partial charge in [0.25, 0.3) is 5.91 Å². The van der Waals surface area contributed by atoms with Crippen molar-refractivity contribution in [3.63, 3.8) is 0 Å². The molecule has 1 atom stereocenters. The molecule has 2 aromatic rings. The zero-order valence-electron chi connectivity index (χ0n) is 22.9. The second-order valence-electron chi connectivity index (χ2n) is 10.1. The van der Waals surface area contributed by atoms with Crippen LogP contribution >= 0.6 is 0 Å². The van der Waals surface area contributed by atoms with Crippen LogP contribution in [0.25, 0.3) is 0 Å². The minimum absolute atomic E-state index is 0.154. The first-order chi connectivity index (χ1) is 19.2. The number of fused-ring (bicyclic) bond motifs is 1. The summed E-state index contributed by atoms with van der Waals surface area (Å²) < 4.78 is 5.77. The normalized spacial score (nSPS) is 19.1. The van der Waals surface area contributed by atoms with E-state index in [2.05, 4.69) is 10.6 Å². The van der Waals surface area contributed by atoms with E-state index in [1.165, 1.54) is 16.8 Å². The van der Waals surface area contributed by atoms with Gasteiger partial charge in [0.05, 0.1) is 25.1 Å². The molecule has 1 fully saturated rings. The van der Waals surface area contributed by atoms with E-state index in [1.807, 2.05) is 29.2 Å². The fraction of sp³-hybridized carbons (Fsp3) is 0.414. The lowest BCUT2D eigenvalue weighted by Crippen LogP contribution is -2.50. The summed E-state index contributed by atoms with van der Waals surface area (Å²) in [5, 5.41) is 5.48. The Morgan fingerprint density at radius 2 is 1.65 bits per heavy atom. The fourth-order valence-electron chi connectivity index (χ4n) is 4.55. The Bertz CT molecular complexity index is 1260. The van der Waals surface area contributed by atoms with Gasteiger partial charge in [0.15, 0.2) is 0 Å². The van der Waals surface area contributed by atoms with Crippen LogP contribution in [-0.4, -0.2) is 90.6 Å². The maximum atomic E-state index is 13.2. The quantitative estimate of drug-likeness (QED) is 0.571. The number of benzene rings is 2. The van der Waals surface area contributed by atoms with Crippen LogP contribution in [0.4, 0.5) is 0 Å². The van der Waals surface area contributed by atoms with Gasteiger partial charge in [-0.1, -0.05) is 36.4 Å². The maximum absolute atomic E-state index is 13.2. The average Bonchev–Trinajstić information content (AvgIpc) is 3.35. The van der Waals surface area contributed by atoms with Gasteiger partial charge < -0.3 is 30.1 Å². The van der Waals surface area contributed by atoms with Crippen molar-refractivity contribution in [3.05, 3.63) is 65.2 Å². The van der Waals surface area contributed by atoms with E-state index in [9.17, 15) is 24.0 Å². The molecule has 4 rings (SSSR count). The molecule has 2 heterocycles. The SMILES string of the molecule is CN1CCOc2ccccc2C(=O)N[C@H](C(=O)NCc2ccc(CN3CCCC3=O)cc2)CC(=O)N(C)CC1=O. The van der Waals surface area contributed by atoms with Crippen LogP contribution in [0.5, 0.6) is 5.75 Å². The first-order valence-corrected chi connectivity index (χ1v) is 13.3. The molecule has 212 valence electrons. The van der Waals surface area contributed by atoms with Gasteiger partial charge in [0.2, 0.25) is 23.6 Å². The number of carbonyl (C=O) groups is 5. The minimum atomic E-state index is -1.17. The Kier molecular flexibility index (Phi) is 9.36. The molecule has 2 aliphatic rings. The minimum Gasteiger partial charge on any atom is -0.491 e. The van der Waals surface area contributed by atoms with Crippen LogP contribution in [0.1, 0.15) is 40.7 Å². The smallest absolute Gasteiger partial charge is 0.255 e. The zero-order valence-corrected chi connectivity index (χ0v) is 22.9. The summed E-state index contributed by atoms with van der Waals surface area (Å²) >= 11 is 0. The molecule has 1 saturated heterocycles. The molecule has 0 spiro atoms. The first-order valence-electron chi connectivity index (χ1n) is 13.3. The van der Waals surface area contributed by atoms with E-state index >= 15 is 0 Å². The van der Waals surface area contributed by atoms with E-state index in [0.29, 0.717) is 18.7 Å². The summed E-state index contributed by atoms with van der Waals surface area (Å²) in [6.45, 7) is 1.77. The summed E-state index contributed by atoms with van der Waals surface area (Å²) in [6, 6.07) is 13.0. The molecular formula is C29H35N5O6. The second kappa shape index (κ2) is 13.1. The lowest BCUT2D eigenvalue weighted by Gasteiger charge is -2.25. The number of nitrogens with zero attached hydrogens (tertiary/aromatic N) is 3. The Balaban J connectivity index is 1.46. The number of likely N-dealkylation sites (tertiary alicyclic amines) is 1. The van der Waals surface area contributed by atoms with Gasteiger partial charge in [-0.3, -0.25) is 24.0 Å². The Hall–Kier alpha value is -4.41. The fourth-order valence-corrected chi connectivity index (χ4v) is 4.55. The molecule has 2 aromatic carbocycles. The Morgan fingerprint density at radius 1 is 0.925 bits per heavy atom. The van der Waals surface area contributed by atoms with Gasteiger partial charge in [0.1, 0.15) is 18.4 Å². The predicted molar refractivity (Wildman–Crippen MR) is 146 cm³/mol. The molecule has 0 aliphatic carbocycles. The van der Waals surface area contributed by atoms with Crippen LogP contribution in [-0.2, 0) is 32.3 Å². The van der Waals surface area contributed by atoms with Gasteiger partial charge >= 0.3 is 0 Å². The van der Waals surface area contributed by atoms with Crippen LogP contribution in [0, 0.1) is 0 Å². The highest BCUT2D eigenvalue weighted by atomic mass is 16.5. The largest absolute Gasteiger partial charge is 0.491 e. The van der Waals surface area contributed by atoms with E-state index in [0.717, 1.165) is 24.1 Å². The van der Waals surface area contributed by atoms with Crippen molar-refractivity contribution in [2.45, 2.75) is 38.4 Å². The standard InChI is InChI=1S/C29H35N5O6/c1-32-14-15-40-24-7-4-3-6-22(24)28(38)31-23(16-26(36)33(2)19-27(32)37)29(39)30-17-20-9-11-21(12-10-20)18-34-13-5-8-25(34)35/h3-4,6-7,9-12,23H,5,8,13-19H2,1-2H3,(H,30,39)(H,31,38)/t23-/m0/s1. The Morgan fingerprint density at radius 3 is 2.38 bits per heavy atom. The van der Waals surface area contributed by atoms with Crippen LogP contribution in [0.3, 0.4) is 0 Å². The molecule has 2 N–H and O–H groups in total. The highest BCUT2D eigenvalue weighted by Crippen LogP contribution is 2.19. The topological polar surface area (TPSA) is 128 Å². The maximum Gasteiger partial charge on any atom is 0.255 e. The van der Waals surface area contributed by atoms with Crippen molar-refractivity contribution >= 4 is 29.5 Å². The van der Waals surface area contributed by atoms with E-state index in [-0.39, 0.29) is 50.0 Å². The lowest BCUT2D eigenvalue weighted by atomic mass is 10.1. The number of hydrogen-bond acceptors (Lipinski definition) is 6. The summed E-state index contributed by atoms with van der Waals surface area (Å²) in [4.78, 5) is 68.3. The molecule has 40 heavy (non-hydrogen) atoms. The molecule has 11 heteroatoms. The highest BCUT2D eigenvalue weighted by molar-refractivity contribution is 6.01. The number of likely N-dealkylation sites (N-methyl/N-ethyl adjacent to an activating group) is 2. The molecule has 0 bridgehead atoms. The van der Waals surface area contributed by atoms with Crippen molar-refractivity contribution in [1.29, 1.82) is 0 Å². The summed E-state index contributed by atoms with van der Waals surface area (Å²) in [6.07, 6.45) is 1.15. The summed E-state index contributed by atoms with van der Waals surface area (Å²) in [5.74, 6) is -1.33. The first kappa shape index (κ1) is 28.6. The number of amides is 5. The predicted octanol–water partition coefficient (Wildman–Crippen LogP) is 0.923. The number of hydrogen-bond donors (Lipinski definition) is 2. The molecule has 0 saturated carbocycles. The number of rotatable bonds is 5. The van der Waals surface area contributed by atoms with Crippen LogP contribution in [0.15, 0.2) is 48.5 Å². The average molecular weight is 550 g/mol. The molecule has 2 aliphatic heterocycles. The third-order valence-electron chi connectivity index (χ3n) is 7.07. The van der Waals surface area contributed by atoms with Gasteiger partial charge in [-0.15, -0.1) is 0 Å². The molecule has 5 amide bonds. The zero-order chi connectivity index (χ0) is 28.6.